The molecule has 0 bridgehead atoms. The molecule has 1 N–H and O–H groups in total. The molecular weight excluding hydrogens is 373 g/mol. The number of carboxylic acid groups (broad SMARTS) is 1. The van der Waals surface area contributed by atoms with Gasteiger partial charge in [-0.1, -0.05) is 15.9 Å². The van der Waals surface area contributed by atoms with Crippen molar-refractivity contribution in [2.75, 3.05) is 4.31 Å². The number of benzene rings is 2. The number of hydrogen-bond donors (Lipinski definition) is 1. The molecule has 0 aromatic heterocycles. The van der Waals surface area contributed by atoms with Gasteiger partial charge in [0.2, 0.25) is 0 Å². The molecule has 0 radical (unpaired) electrons. The summed E-state index contributed by atoms with van der Waals surface area (Å²) in [5.41, 5.74) is 0.202. The largest absolute Gasteiger partial charge is 0.478 e. The number of carbonyl (C=O) groups is 1. The minimum atomic E-state index is -1.16. The Hall–Kier alpha value is -1.73. The topological polar surface area (TPSA) is 49.8 Å². The number of hydrogen-bond acceptors (Lipinski definition) is 4. The molecule has 0 fully saturated rings. The van der Waals surface area contributed by atoms with Crippen LogP contribution in [0, 0.1) is 5.82 Å². The first-order valence-electron chi connectivity index (χ1n) is 6.42. The molecule has 2 aromatic carbocycles. The van der Waals surface area contributed by atoms with E-state index in [-0.39, 0.29) is 17.5 Å². The molecule has 4 nitrogen and oxygen atoms in total. The van der Waals surface area contributed by atoms with E-state index in [1.165, 1.54) is 24.1 Å². The van der Waals surface area contributed by atoms with Crippen LogP contribution in [0.3, 0.4) is 0 Å². The summed E-state index contributed by atoms with van der Waals surface area (Å²) < 4.78 is 22.6. The highest BCUT2D eigenvalue weighted by atomic mass is 79.9. The maximum atomic E-state index is 14.2. The lowest BCUT2D eigenvalue weighted by Crippen LogP contribution is -2.35. The Labute approximate surface area is 139 Å². The first kappa shape index (κ1) is 15.2. The zero-order chi connectivity index (χ0) is 15.9. The van der Waals surface area contributed by atoms with Crippen LogP contribution in [0.2, 0.25) is 0 Å². The van der Waals surface area contributed by atoms with Gasteiger partial charge in [-0.25, -0.2) is 9.18 Å². The standard InChI is InChI=1S/C15H11BrFNO3S/c1-8-18(12-4-2-9(15(19)20)6-11(12)17)22-14-7-10(16)3-5-13(14)21-8/h2-8H,1H3,(H,19,20)/t8-/m1/s1. The summed E-state index contributed by atoms with van der Waals surface area (Å²) in [5.74, 6) is -1.02. The van der Waals surface area contributed by atoms with E-state index in [1.807, 2.05) is 25.1 Å². The van der Waals surface area contributed by atoms with E-state index in [1.54, 1.807) is 4.31 Å². The summed E-state index contributed by atoms with van der Waals surface area (Å²) in [5, 5.41) is 8.91. The Morgan fingerprint density at radius 1 is 1.36 bits per heavy atom. The lowest BCUT2D eigenvalue weighted by atomic mass is 10.2. The van der Waals surface area contributed by atoms with E-state index in [4.69, 9.17) is 9.84 Å². The molecule has 0 aliphatic carbocycles. The molecule has 2 aromatic rings. The summed E-state index contributed by atoms with van der Waals surface area (Å²) in [4.78, 5) is 11.7. The van der Waals surface area contributed by atoms with Crippen molar-refractivity contribution in [2.45, 2.75) is 18.0 Å². The fourth-order valence-electron chi connectivity index (χ4n) is 2.13. The van der Waals surface area contributed by atoms with E-state index >= 15 is 0 Å². The molecule has 0 unspecified atom stereocenters. The zero-order valence-electron chi connectivity index (χ0n) is 11.4. The second-order valence-corrected chi connectivity index (χ2v) is 6.63. The normalized spacial score (nSPS) is 16.9. The number of carboxylic acids is 1. The Kier molecular flexibility index (Phi) is 4.01. The maximum Gasteiger partial charge on any atom is 0.335 e. The van der Waals surface area contributed by atoms with Crippen LogP contribution in [0.15, 0.2) is 45.8 Å². The van der Waals surface area contributed by atoms with Gasteiger partial charge in [-0.2, -0.15) is 0 Å². The smallest absolute Gasteiger partial charge is 0.335 e. The number of anilines is 1. The van der Waals surface area contributed by atoms with Gasteiger partial charge < -0.3 is 9.84 Å². The minimum Gasteiger partial charge on any atom is -0.478 e. The van der Waals surface area contributed by atoms with Crippen LogP contribution in [0.5, 0.6) is 5.75 Å². The monoisotopic (exact) mass is 383 g/mol. The molecule has 114 valence electrons. The average molecular weight is 384 g/mol. The molecule has 1 heterocycles. The lowest BCUT2D eigenvalue weighted by Gasteiger charge is -2.35. The molecule has 0 spiro atoms. The second kappa shape index (κ2) is 5.81. The molecule has 22 heavy (non-hydrogen) atoms. The molecule has 1 aliphatic rings. The third kappa shape index (κ3) is 2.78. The molecular formula is C15H11BrFNO3S. The predicted molar refractivity (Wildman–Crippen MR) is 85.9 cm³/mol. The number of nitrogens with zero attached hydrogens (tertiary/aromatic N) is 1. The van der Waals surface area contributed by atoms with E-state index < -0.39 is 11.8 Å². The highest BCUT2D eigenvalue weighted by Gasteiger charge is 2.28. The Bertz CT molecular complexity index is 756. The second-order valence-electron chi connectivity index (χ2n) is 4.70. The van der Waals surface area contributed by atoms with Gasteiger partial charge in [0.25, 0.3) is 0 Å². The summed E-state index contributed by atoms with van der Waals surface area (Å²) >= 11 is 4.75. The van der Waals surface area contributed by atoms with Crippen molar-refractivity contribution in [2.24, 2.45) is 0 Å². The van der Waals surface area contributed by atoms with E-state index in [9.17, 15) is 9.18 Å². The van der Waals surface area contributed by atoms with Crippen LogP contribution in [-0.4, -0.2) is 17.3 Å². The summed E-state index contributed by atoms with van der Waals surface area (Å²) in [7, 11) is 0. The Balaban J connectivity index is 1.97. The van der Waals surface area contributed by atoms with Crippen molar-refractivity contribution in [3.8, 4) is 5.75 Å². The van der Waals surface area contributed by atoms with Crippen LogP contribution in [0.1, 0.15) is 17.3 Å². The molecule has 1 atom stereocenters. The van der Waals surface area contributed by atoms with Crippen molar-refractivity contribution in [3.63, 3.8) is 0 Å². The summed E-state index contributed by atoms with van der Waals surface area (Å²) in [6, 6.07) is 9.47. The third-order valence-corrected chi connectivity index (χ3v) is 4.86. The van der Waals surface area contributed by atoms with Crippen LogP contribution < -0.4 is 9.04 Å². The van der Waals surface area contributed by atoms with Crippen LogP contribution in [-0.2, 0) is 0 Å². The third-order valence-electron chi connectivity index (χ3n) is 3.16. The Morgan fingerprint density at radius 3 is 2.82 bits per heavy atom. The first-order chi connectivity index (χ1) is 10.5. The van der Waals surface area contributed by atoms with Gasteiger partial charge >= 0.3 is 5.97 Å². The maximum absolute atomic E-state index is 14.2. The quantitative estimate of drug-likeness (QED) is 0.771. The highest BCUT2D eigenvalue weighted by molar-refractivity contribution is 9.10. The highest BCUT2D eigenvalue weighted by Crippen LogP contribution is 2.43. The zero-order valence-corrected chi connectivity index (χ0v) is 13.8. The van der Waals surface area contributed by atoms with Crippen molar-refractivity contribution >= 4 is 39.5 Å². The van der Waals surface area contributed by atoms with Crippen LogP contribution in [0.25, 0.3) is 0 Å². The van der Waals surface area contributed by atoms with Gasteiger partial charge in [0, 0.05) is 4.47 Å². The van der Waals surface area contributed by atoms with E-state index in [0.717, 1.165) is 21.2 Å². The Morgan fingerprint density at radius 2 is 2.14 bits per heavy atom. The van der Waals surface area contributed by atoms with Crippen molar-refractivity contribution in [1.82, 2.24) is 0 Å². The molecule has 0 saturated heterocycles. The van der Waals surface area contributed by atoms with Gasteiger partial charge in [0.1, 0.15) is 11.6 Å². The van der Waals surface area contributed by atoms with Crippen molar-refractivity contribution in [3.05, 3.63) is 52.3 Å². The molecule has 0 saturated carbocycles. The fourth-order valence-corrected chi connectivity index (χ4v) is 3.67. The van der Waals surface area contributed by atoms with Gasteiger partial charge in [-0.3, -0.25) is 4.31 Å². The number of ether oxygens (including phenoxy) is 1. The minimum absolute atomic E-state index is 0.0834. The SMILES string of the molecule is C[C@H]1Oc2ccc(Br)cc2SN1c1ccc(C(=O)O)cc1F. The van der Waals surface area contributed by atoms with Crippen molar-refractivity contribution < 1.29 is 19.0 Å². The van der Waals surface area contributed by atoms with Gasteiger partial charge in [-0.05, 0) is 55.3 Å². The summed E-state index contributed by atoms with van der Waals surface area (Å²) in [6.07, 6.45) is -0.385. The van der Waals surface area contributed by atoms with Gasteiger partial charge in [-0.15, -0.1) is 0 Å². The number of rotatable bonds is 2. The van der Waals surface area contributed by atoms with Gasteiger partial charge in [0.05, 0.1) is 16.1 Å². The number of aromatic carboxylic acids is 1. The summed E-state index contributed by atoms with van der Waals surface area (Å²) in [6.45, 7) is 1.81. The number of halogens is 2. The lowest BCUT2D eigenvalue weighted by molar-refractivity contribution is 0.0696. The number of fused-ring (bicyclic) bond motifs is 1. The molecule has 0 amide bonds. The predicted octanol–water partition coefficient (Wildman–Crippen LogP) is 4.54. The first-order valence-corrected chi connectivity index (χ1v) is 7.98. The van der Waals surface area contributed by atoms with Gasteiger partial charge in [0.15, 0.2) is 6.23 Å². The van der Waals surface area contributed by atoms with Crippen molar-refractivity contribution in [1.29, 1.82) is 0 Å². The molecule has 3 rings (SSSR count). The molecule has 7 heteroatoms. The van der Waals surface area contributed by atoms with Crippen LogP contribution in [0.4, 0.5) is 10.1 Å². The van der Waals surface area contributed by atoms with E-state index in [2.05, 4.69) is 15.9 Å². The fraction of sp³-hybridized carbons (Fsp3) is 0.133. The molecule has 1 aliphatic heterocycles. The van der Waals surface area contributed by atoms with E-state index in [0.29, 0.717) is 0 Å². The average Bonchev–Trinajstić information content (AvgIpc) is 2.47. The van der Waals surface area contributed by atoms with Crippen LogP contribution >= 0.6 is 27.9 Å².